The van der Waals surface area contributed by atoms with Crippen molar-refractivity contribution >= 4 is 11.8 Å². The minimum atomic E-state index is -0.425. The number of rotatable bonds is 3. The van der Waals surface area contributed by atoms with Gasteiger partial charge in [-0.1, -0.05) is 32.0 Å². The molecular weight excluding hydrogens is 190 g/mol. The van der Waals surface area contributed by atoms with Crippen molar-refractivity contribution in [3.63, 3.8) is 0 Å². The van der Waals surface area contributed by atoms with Crippen molar-refractivity contribution in [2.24, 2.45) is 0 Å². The molecule has 0 heterocycles. The summed E-state index contributed by atoms with van der Waals surface area (Å²) in [5.41, 5.74) is 1.98. The predicted molar refractivity (Wildman–Crippen MR) is 61.2 cm³/mol. The lowest BCUT2D eigenvalue weighted by molar-refractivity contribution is 0.187. The number of benzene rings is 1. The van der Waals surface area contributed by atoms with Gasteiger partial charge in [0.25, 0.3) is 0 Å². The first-order chi connectivity index (χ1) is 7.19. The Balaban J connectivity index is 2.91. The number of methoxy groups -OCH3 is 1. The fourth-order valence-electron chi connectivity index (χ4n) is 1.42. The topological polar surface area (TPSA) is 38.3 Å². The fraction of sp³-hybridized carbons (Fsp3) is 0.417. The summed E-state index contributed by atoms with van der Waals surface area (Å²) in [7, 11) is 1.36. The van der Waals surface area contributed by atoms with Crippen LogP contribution in [-0.4, -0.2) is 13.2 Å². The zero-order valence-electron chi connectivity index (χ0n) is 9.41. The molecule has 15 heavy (non-hydrogen) atoms. The van der Waals surface area contributed by atoms with Crippen LogP contribution in [0.4, 0.5) is 10.5 Å². The van der Waals surface area contributed by atoms with E-state index in [-0.39, 0.29) is 0 Å². The molecule has 0 aliphatic heterocycles. The van der Waals surface area contributed by atoms with Gasteiger partial charge in [0.2, 0.25) is 0 Å². The molecule has 0 saturated heterocycles. The summed E-state index contributed by atoms with van der Waals surface area (Å²) in [4.78, 5) is 11.1. The lowest BCUT2D eigenvalue weighted by Crippen LogP contribution is -2.13. The molecule has 1 amide bonds. The molecule has 0 aliphatic carbocycles. The van der Waals surface area contributed by atoms with Crippen molar-refractivity contribution in [2.45, 2.75) is 26.2 Å². The van der Waals surface area contributed by atoms with Crippen molar-refractivity contribution in [3.05, 3.63) is 29.8 Å². The van der Waals surface area contributed by atoms with Crippen molar-refractivity contribution in [1.82, 2.24) is 0 Å². The number of para-hydroxylation sites is 1. The summed E-state index contributed by atoms with van der Waals surface area (Å²) in [6, 6.07) is 7.79. The summed E-state index contributed by atoms with van der Waals surface area (Å²) < 4.78 is 4.57. The van der Waals surface area contributed by atoms with Gasteiger partial charge in [-0.3, -0.25) is 5.32 Å². The number of nitrogens with one attached hydrogen (secondary N) is 1. The first-order valence-electron chi connectivity index (χ1n) is 5.13. The lowest BCUT2D eigenvalue weighted by atomic mass is 9.97. The summed E-state index contributed by atoms with van der Waals surface area (Å²) in [5, 5.41) is 2.71. The number of hydrogen-bond donors (Lipinski definition) is 1. The highest BCUT2D eigenvalue weighted by Gasteiger charge is 2.10. The Bertz CT molecular complexity index is 336. The van der Waals surface area contributed by atoms with Gasteiger partial charge in [-0.25, -0.2) is 4.79 Å². The molecule has 3 nitrogen and oxygen atoms in total. The second-order valence-corrected chi connectivity index (χ2v) is 3.51. The van der Waals surface area contributed by atoms with Gasteiger partial charge in [0.1, 0.15) is 0 Å². The average molecular weight is 207 g/mol. The molecule has 1 aromatic carbocycles. The van der Waals surface area contributed by atoms with Crippen LogP contribution in [0.3, 0.4) is 0 Å². The maximum absolute atomic E-state index is 11.1. The van der Waals surface area contributed by atoms with Gasteiger partial charge in [-0.2, -0.15) is 0 Å². The molecular formula is C12H17NO2. The molecule has 0 saturated carbocycles. The van der Waals surface area contributed by atoms with E-state index >= 15 is 0 Å². The third-order valence-electron chi connectivity index (χ3n) is 2.53. The van der Waals surface area contributed by atoms with Gasteiger partial charge in [0.05, 0.1) is 7.11 Å². The number of carbonyl (C=O) groups excluding carboxylic acids is 1. The number of hydrogen-bond acceptors (Lipinski definition) is 2. The summed E-state index contributed by atoms with van der Waals surface area (Å²) in [6.45, 7) is 4.26. The Morgan fingerprint density at radius 3 is 2.73 bits per heavy atom. The molecule has 0 aliphatic rings. The minimum absolute atomic E-state index is 0.425. The largest absolute Gasteiger partial charge is 0.453 e. The van der Waals surface area contributed by atoms with Crippen LogP contribution in [0.1, 0.15) is 31.7 Å². The standard InChI is InChI=1S/C12H17NO2/c1-4-9(2)10-7-5-6-8-11(10)13-12(14)15-3/h5-9H,4H2,1-3H3,(H,13,14)/t9-/m0/s1. The third kappa shape index (κ3) is 2.98. The number of carbonyl (C=O) groups is 1. The van der Waals surface area contributed by atoms with Gasteiger partial charge >= 0.3 is 6.09 Å². The van der Waals surface area contributed by atoms with E-state index < -0.39 is 6.09 Å². The van der Waals surface area contributed by atoms with Crippen LogP contribution in [-0.2, 0) is 4.74 Å². The van der Waals surface area contributed by atoms with E-state index in [9.17, 15) is 4.79 Å². The molecule has 82 valence electrons. The zero-order valence-corrected chi connectivity index (χ0v) is 9.41. The Kier molecular flexibility index (Phi) is 4.16. The van der Waals surface area contributed by atoms with Crippen LogP contribution >= 0.6 is 0 Å². The van der Waals surface area contributed by atoms with E-state index in [4.69, 9.17) is 0 Å². The molecule has 0 bridgehead atoms. The van der Waals surface area contributed by atoms with Crippen LogP contribution in [0.5, 0.6) is 0 Å². The van der Waals surface area contributed by atoms with Gasteiger partial charge in [0.15, 0.2) is 0 Å². The van der Waals surface area contributed by atoms with E-state index in [1.54, 1.807) is 0 Å². The second kappa shape index (κ2) is 5.39. The zero-order chi connectivity index (χ0) is 11.3. The summed E-state index contributed by atoms with van der Waals surface area (Å²) in [6.07, 6.45) is 0.616. The van der Waals surface area contributed by atoms with E-state index in [0.29, 0.717) is 5.92 Å². The Hall–Kier alpha value is -1.51. The first-order valence-corrected chi connectivity index (χ1v) is 5.13. The minimum Gasteiger partial charge on any atom is -0.453 e. The molecule has 1 N–H and O–H groups in total. The molecule has 3 heteroatoms. The second-order valence-electron chi connectivity index (χ2n) is 3.51. The Labute approximate surface area is 90.4 Å². The molecule has 0 radical (unpaired) electrons. The molecule has 0 aromatic heterocycles. The monoisotopic (exact) mass is 207 g/mol. The number of amides is 1. The van der Waals surface area contributed by atoms with E-state index in [0.717, 1.165) is 17.7 Å². The van der Waals surface area contributed by atoms with Crippen molar-refractivity contribution < 1.29 is 9.53 Å². The van der Waals surface area contributed by atoms with E-state index in [2.05, 4.69) is 23.9 Å². The lowest BCUT2D eigenvalue weighted by Gasteiger charge is -2.14. The number of anilines is 1. The van der Waals surface area contributed by atoms with Crippen LogP contribution in [0, 0.1) is 0 Å². The van der Waals surface area contributed by atoms with Crippen LogP contribution in [0.2, 0.25) is 0 Å². The highest BCUT2D eigenvalue weighted by molar-refractivity contribution is 5.85. The molecule has 0 unspecified atom stereocenters. The number of ether oxygens (including phenoxy) is 1. The smallest absolute Gasteiger partial charge is 0.411 e. The maximum Gasteiger partial charge on any atom is 0.411 e. The SMILES string of the molecule is CC[C@H](C)c1ccccc1NC(=O)OC. The highest BCUT2D eigenvalue weighted by Crippen LogP contribution is 2.26. The van der Waals surface area contributed by atoms with Crippen LogP contribution in [0.15, 0.2) is 24.3 Å². The first kappa shape index (κ1) is 11.6. The normalized spacial score (nSPS) is 11.9. The molecule has 1 rings (SSSR count). The van der Waals surface area contributed by atoms with Crippen molar-refractivity contribution in [3.8, 4) is 0 Å². The van der Waals surface area contributed by atoms with Crippen molar-refractivity contribution in [2.75, 3.05) is 12.4 Å². The Morgan fingerprint density at radius 2 is 2.13 bits per heavy atom. The molecule has 1 atom stereocenters. The fourth-order valence-corrected chi connectivity index (χ4v) is 1.42. The van der Waals surface area contributed by atoms with E-state index in [1.165, 1.54) is 7.11 Å². The van der Waals surface area contributed by atoms with Crippen LogP contribution < -0.4 is 5.32 Å². The highest BCUT2D eigenvalue weighted by atomic mass is 16.5. The summed E-state index contributed by atoms with van der Waals surface area (Å²) in [5.74, 6) is 0.429. The molecule has 0 fully saturated rings. The van der Waals surface area contributed by atoms with Gasteiger partial charge < -0.3 is 4.74 Å². The van der Waals surface area contributed by atoms with E-state index in [1.807, 2.05) is 24.3 Å². The maximum atomic E-state index is 11.1. The average Bonchev–Trinajstić information content (AvgIpc) is 2.28. The third-order valence-corrected chi connectivity index (χ3v) is 2.53. The van der Waals surface area contributed by atoms with Gasteiger partial charge in [0, 0.05) is 5.69 Å². The van der Waals surface area contributed by atoms with Gasteiger partial charge in [-0.15, -0.1) is 0 Å². The van der Waals surface area contributed by atoms with Gasteiger partial charge in [-0.05, 0) is 24.0 Å². The predicted octanol–water partition coefficient (Wildman–Crippen LogP) is 3.38. The molecule has 0 spiro atoms. The van der Waals surface area contributed by atoms with Crippen molar-refractivity contribution in [1.29, 1.82) is 0 Å². The molecule has 1 aromatic rings. The quantitative estimate of drug-likeness (QED) is 0.825. The summed E-state index contributed by atoms with van der Waals surface area (Å²) >= 11 is 0. The van der Waals surface area contributed by atoms with Crippen LogP contribution in [0.25, 0.3) is 0 Å². The Morgan fingerprint density at radius 1 is 1.47 bits per heavy atom.